The van der Waals surface area contributed by atoms with Gasteiger partial charge in [0.15, 0.2) is 0 Å². The molecule has 0 atom stereocenters. The molecule has 1 amide bonds. The van der Waals surface area contributed by atoms with Gasteiger partial charge in [-0.05, 0) is 55.0 Å². The summed E-state index contributed by atoms with van der Waals surface area (Å²) >= 11 is 0. The van der Waals surface area contributed by atoms with Gasteiger partial charge in [-0.15, -0.1) is 0 Å². The van der Waals surface area contributed by atoms with E-state index in [0.717, 1.165) is 5.56 Å². The number of nitrogens with zero attached hydrogens (tertiary/aromatic N) is 2. The van der Waals surface area contributed by atoms with Crippen LogP contribution in [0.5, 0.6) is 0 Å². The largest absolute Gasteiger partial charge is 0.463 e. The minimum atomic E-state index is -0.390. The molecule has 0 saturated heterocycles. The molecular weight excluding hydrogens is 368 g/mol. The van der Waals surface area contributed by atoms with Gasteiger partial charge in [-0.3, -0.25) is 4.79 Å². The second kappa shape index (κ2) is 9.80. The molecule has 29 heavy (non-hydrogen) atoms. The van der Waals surface area contributed by atoms with Gasteiger partial charge in [0.05, 0.1) is 6.61 Å². The Bertz CT molecular complexity index is 1000. The quantitative estimate of drug-likeness (QED) is 0.469. The Hall–Kier alpha value is -4.00. The summed E-state index contributed by atoms with van der Waals surface area (Å²) in [5, 5.41) is 5.90. The number of hydrogen-bond donors (Lipinski definition) is 2. The van der Waals surface area contributed by atoms with Crippen LogP contribution in [0.1, 0.15) is 22.8 Å². The lowest BCUT2D eigenvalue weighted by molar-refractivity contribution is -0.137. The number of hydrogen-bond acceptors (Lipinski definition) is 6. The Morgan fingerprint density at radius 2 is 1.76 bits per heavy atom. The summed E-state index contributed by atoms with van der Waals surface area (Å²) in [6, 6.07) is 15.9. The van der Waals surface area contributed by atoms with Crippen molar-refractivity contribution in [2.75, 3.05) is 17.2 Å². The predicted octanol–water partition coefficient (Wildman–Crippen LogP) is 4.05. The van der Waals surface area contributed by atoms with Gasteiger partial charge in [0.1, 0.15) is 0 Å². The van der Waals surface area contributed by atoms with Crippen LogP contribution < -0.4 is 10.6 Å². The van der Waals surface area contributed by atoms with Crippen molar-refractivity contribution in [1.82, 2.24) is 9.97 Å². The third-order valence-corrected chi connectivity index (χ3v) is 3.81. The Labute approximate surface area is 168 Å². The average Bonchev–Trinajstić information content (AvgIpc) is 2.74. The molecule has 1 aromatic heterocycles. The standard InChI is InChI=1S/C22H20N4O3/c1-2-29-20(27)12-9-16-7-10-18(11-8-16)25-21(28)17-5-3-6-19(15-17)26-22-23-13-4-14-24-22/h3-15H,2H2,1H3,(H,25,28)(H,23,24,26)/b12-9+. The van der Waals surface area contributed by atoms with Crippen LogP contribution in [-0.2, 0) is 9.53 Å². The van der Waals surface area contributed by atoms with E-state index in [0.29, 0.717) is 29.5 Å². The zero-order valence-corrected chi connectivity index (χ0v) is 15.8. The van der Waals surface area contributed by atoms with E-state index in [1.165, 1.54) is 6.08 Å². The first kappa shape index (κ1) is 19.8. The Balaban J connectivity index is 1.63. The molecule has 7 nitrogen and oxygen atoms in total. The fourth-order valence-corrected chi connectivity index (χ4v) is 2.47. The lowest BCUT2D eigenvalue weighted by Gasteiger charge is -2.08. The molecule has 0 aliphatic heterocycles. The highest BCUT2D eigenvalue weighted by Gasteiger charge is 2.07. The molecule has 0 radical (unpaired) electrons. The molecule has 2 N–H and O–H groups in total. The zero-order valence-electron chi connectivity index (χ0n) is 15.8. The molecule has 146 valence electrons. The molecule has 3 rings (SSSR count). The SMILES string of the molecule is CCOC(=O)/C=C/c1ccc(NC(=O)c2cccc(Nc3ncccn3)c2)cc1. The minimum absolute atomic E-state index is 0.238. The summed E-state index contributed by atoms with van der Waals surface area (Å²) < 4.78 is 4.84. The van der Waals surface area contributed by atoms with Crippen molar-refractivity contribution in [3.63, 3.8) is 0 Å². The lowest BCUT2D eigenvalue weighted by atomic mass is 10.1. The number of anilines is 3. The number of benzene rings is 2. The number of esters is 1. The highest BCUT2D eigenvalue weighted by atomic mass is 16.5. The third kappa shape index (κ3) is 6.00. The molecule has 3 aromatic rings. The van der Waals surface area contributed by atoms with Gasteiger partial charge in [0, 0.05) is 35.4 Å². The fraction of sp³-hybridized carbons (Fsp3) is 0.0909. The lowest BCUT2D eigenvalue weighted by Crippen LogP contribution is -2.12. The maximum atomic E-state index is 12.5. The van der Waals surface area contributed by atoms with Crippen molar-refractivity contribution in [1.29, 1.82) is 0 Å². The molecule has 0 saturated carbocycles. The maximum Gasteiger partial charge on any atom is 0.330 e. The number of carbonyl (C=O) groups is 2. The maximum absolute atomic E-state index is 12.5. The first-order valence-electron chi connectivity index (χ1n) is 9.04. The molecule has 7 heteroatoms. The molecule has 0 aliphatic carbocycles. The Morgan fingerprint density at radius 1 is 1.00 bits per heavy atom. The summed E-state index contributed by atoms with van der Waals surface area (Å²) in [5.41, 5.74) is 2.68. The number of amides is 1. The number of rotatable bonds is 7. The van der Waals surface area contributed by atoms with Crippen molar-refractivity contribution in [2.45, 2.75) is 6.92 Å². The van der Waals surface area contributed by atoms with Crippen LogP contribution in [0.4, 0.5) is 17.3 Å². The van der Waals surface area contributed by atoms with E-state index < -0.39 is 0 Å². The normalized spacial score (nSPS) is 10.5. The number of carbonyl (C=O) groups excluding carboxylic acids is 2. The van der Waals surface area contributed by atoms with Gasteiger partial charge in [-0.1, -0.05) is 18.2 Å². The predicted molar refractivity (Wildman–Crippen MR) is 112 cm³/mol. The second-order valence-corrected chi connectivity index (χ2v) is 5.94. The van der Waals surface area contributed by atoms with Gasteiger partial charge in [-0.25, -0.2) is 14.8 Å². The second-order valence-electron chi connectivity index (χ2n) is 5.94. The fourth-order valence-electron chi connectivity index (χ4n) is 2.47. The molecular formula is C22H20N4O3. The topological polar surface area (TPSA) is 93.2 Å². The monoisotopic (exact) mass is 388 g/mol. The van der Waals surface area contributed by atoms with Crippen LogP contribution >= 0.6 is 0 Å². The van der Waals surface area contributed by atoms with E-state index in [1.54, 1.807) is 73.9 Å². The Kier molecular flexibility index (Phi) is 6.67. The van der Waals surface area contributed by atoms with E-state index in [1.807, 2.05) is 6.07 Å². The van der Waals surface area contributed by atoms with Gasteiger partial charge in [-0.2, -0.15) is 0 Å². The van der Waals surface area contributed by atoms with Crippen LogP contribution in [0, 0.1) is 0 Å². The molecule has 1 heterocycles. The zero-order chi connectivity index (χ0) is 20.5. The van der Waals surface area contributed by atoms with Crippen LogP contribution in [0.15, 0.2) is 73.1 Å². The minimum Gasteiger partial charge on any atom is -0.463 e. The number of nitrogens with one attached hydrogen (secondary N) is 2. The van der Waals surface area contributed by atoms with E-state index in [4.69, 9.17) is 4.74 Å². The van der Waals surface area contributed by atoms with Crippen LogP contribution in [-0.4, -0.2) is 28.5 Å². The Morgan fingerprint density at radius 3 is 2.48 bits per heavy atom. The first-order chi connectivity index (χ1) is 14.1. The summed E-state index contributed by atoms with van der Waals surface area (Å²) in [7, 11) is 0. The van der Waals surface area contributed by atoms with Crippen molar-refractivity contribution in [3.8, 4) is 0 Å². The number of ether oxygens (including phenoxy) is 1. The van der Waals surface area contributed by atoms with E-state index >= 15 is 0 Å². The highest BCUT2D eigenvalue weighted by Crippen LogP contribution is 2.17. The molecule has 0 bridgehead atoms. The highest BCUT2D eigenvalue weighted by molar-refractivity contribution is 6.04. The number of aromatic nitrogens is 2. The first-order valence-corrected chi connectivity index (χ1v) is 9.04. The van der Waals surface area contributed by atoms with E-state index in [-0.39, 0.29) is 11.9 Å². The molecule has 0 fully saturated rings. The van der Waals surface area contributed by atoms with Crippen molar-refractivity contribution < 1.29 is 14.3 Å². The van der Waals surface area contributed by atoms with Gasteiger partial charge < -0.3 is 15.4 Å². The van der Waals surface area contributed by atoms with Crippen molar-refractivity contribution >= 4 is 35.3 Å². The molecule has 0 spiro atoms. The summed E-state index contributed by atoms with van der Waals surface area (Å²) in [4.78, 5) is 32.1. The molecule has 0 aliphatic rings. The van der Waals surface area contributed by atoms with Crippen molar-refractivity contribution in [3.05, 3.63) is 84.2 Å². The third-order valence-electron chi connectivity index (χ3n) is 3.81. The van der Waals surface area contributed by atoms with E-state index in [2.05, 4.69) is 20.6 Å². The summed E-state index contributed by atoms with van der Waals surface area (Å²) in [6.07, 6.45) is 6.30. The van der Waals surface area contributed by atoms with Crippen LogP contribution in [0.2, 0.25) is 0 Å². The van der Waals surface area contributed by atoms with Gasteiger partial charge >= 0.3 is 5.97 Å². The van der Waals surface area contributed by atoms with Crippen molar-refractivity contribution in [2.24, 2.45) is 0 Å². The van der Waals surface area contributed by atoms with Gasteiger partial charge in [0.2, 0.25) is 5.95 Å². The summed E-state index contributed by atoms with van der Waals surface area (Å²) in [5.74, 6) is -0.173. The molecule has 2 aromatic carbocycles. The van der Waals surface area contributed by atoms with Crippen LogP contribution in [0.25, 0.3) is 6.08 Å². The average molecular weight is 388 g/mol. The van der Waals surface area contributed by atoms with E-state index in [9.17, 15) is 9.59 Å². The van der Waals surface area contributed by atoms with Crippen LogP contribution in [0.3, 0.4) is 0 Å². The molecule has 0 unspecified atom stereocenters. The summed E-state index contributed by atoms with van der Waals surface area (Å²) in [6.45, 7) is 2.09. The van der Waals surface area contributed by atoms with Gasteiger partial charge in [0.25, 0.3) is 5.91 Å². The smallest absolute Gasteiger partial charge is 0.330 e.